The van der Waals surface area contributed by atoms with Crippen LogP contribution in [0.4, 0.5) is 0 Å². The number of carbonyl (C=O) groups excluding carboxylic acids is 1. The summed E-state index contributed by atoms with van der Waals surface area (Å²) in [4.78, 5) is 24.6. The fourth-order valence-electron chi connectivity index (χ4n) is 2.36. The quantitative estimate of drug-likeness (QED) is 0.515. The smallest absolute Gasteiger partial charge is 0.338 e. The summed E-state index contributed by atoms with van der Waals surface area (Å²) in [7, 11) is 0. The normalized spacial score (nSPS) is 10.6. The zero-order valence-corrected chi connectivity index (χ0v) is 13.6. The van der Waals surface area contributed by atoms with Crippen LogP contribution in [-0.2, 0) is 11.3 Å². The number of para-hydroxylation sites is 1. The molecule has 0 aliphatic heterocycles. The van der Waals surface area contributed by atoms with Gasteiger partial charge < -0.3 is 4.74 Å². The highest BCUT2D eigenvalue weighted by molar-refractivity contribution is 5.89. The molecule has 0 amide bonds. The molecule has 0 saturated carbocycles. The van der Waals surface area contributed by atoms with E-state index in [1.165, 1.54) is 0 Å². The highest BCUT2D eigenvalue weighted by Gasteiger charge is 2.11. The Kier molecular flexibility index (Phi) is 4.21. The Morgan fingerprint density at radius 3 is 2.73 bits per heavy atom. The van der Waals surface area contributed by atoms with E-state index in [9.17, 15) is 4.79 Å². The third kappa shape index (κ3) is 3.34. The first-order valence-corrected chi connectivity index (χ1v) is 7.87. The van der Waals surface area contributed by atoms with E-state index in [0.29, 0.717) is 17.2 Å². The number of hydrogen-bond donors (Lipinski definition) is 0. The number of imidazole rings is 1. The van der Waals surface area contributed by atoms with Crippen molar-refractivity contribution in [1.29, 1.82) is 0 Å². The summed E-state index contributed by atoms with van der Waals surface area (Å²) < 4.78 is 8.65. The molecule has 0 N–H and O–H groups in total. The molecule has 8 heteroatoms. The second kappa shape index (κ2) is 6.98. The van der Waals surface area contributed by atoms with Gasteiger partial charge in [0.25, 0.3) is 0 Å². The maximum absolute atomic E-state index is 12.3. The molecule has 0 spiro atoms. The summed E-state index contributed by atoms with van der Waals surface area (Å²) in [6.07, 6.45) is 8.13. The summed E-state index contributed by atoms with van der Waals surface area (Å²) in [5.41, 5.74) is 1.28. The second-order valence-electron chi connectivity index (χ2n) is 5.39. The molecule has 0 atom stereocenters. The van der Waals surface area contributed by atoms with Gasteiger partial charge in [-0.3, -0.25) is 4.57 Å². The Morgan fingerprint density at radius 2 is 1.92 bits per heavy atom. The fraction of sp³-hybridized carbons (Fsp3) is 0.0556. The SMILES string of the molecule is O=C(OCc1ncn(-c2ccccc2)n1)c1ccnc(-n2ccnc2)c1. The van der Waals surface area contributed by atoms with Gasteiger partial charge in [0.15, 0.2) is 12.4 Å². The largest absolute Gasteiger partial charge is 0.454 e. The van der Waals surface area contributed by atoms with E-state index in [1.54, 1.807) is 52.6 Å². The van der Waals surface area contributed by atoms with Gasteiger partial charge in [-0.25, -0.2) is 24.4 Å². The van der Waals surface area contributed by atoms with Gasteiger partial charge in [0, 0.05) is 18.6 Å². The standard InChI is InChI=1S/C18H14N6O2/c25-18(14-6-7-20-17(10-14)23-9-8-19-12-23)26-11-16-21-13-24(22-16)15-4-2-1-3-5-15/h1-10,12-13H,11H2. The minimum Gasteiger partial charge on any atom is -0.454 e. The summed E-state index contributed by atoms with van der Waals surface area (Å²) in [6, 6.07) is 12.8. The predicted molar refractivity (Wildman–Crippen MR) is 91.8 cm³/mol. The van der Waals surface area contributed by atoms with E-state index in [0.717, 1.165) is 5.69 Å². The first-order chi connectivity index (χ1) is 12.8. The zero-order chi connectivity index (χ0) is 17.8. The van der Waals surface area contributed by atoms with Crippen LogP contribution in [0.1, 0.15) is 16.2 Å². The highest BCUT2D eigenvalue weighted by Crippen LogP contribution is 2.10. The van der Waals surface area contributed by atoms with E-state index in [1.807, 2.05) is 30.3 Å². The van der Waals surface area contributed by atoms with Gasteiger partial charge in [-0.1, -0.05) is 18.2 Å². The Hall–Kier alpha value is -3.81. The molecule has 8 nitrogen and oxygen atoms in total. The second-order valence-corrected chi connectivity index (χ2v) is 5.39. The number of hydrogen-bond acceptors (Lipinski definition) is 6. The molecule has 4 rings (SSSR count). The molecule has 3 aromatic heterocycles. The van der Waals surface area contributed by atoms with Gasteiger partial charge in [0.1, 0.15) is 18.5 Å². The Labute approximate surface area is 148 Å². The van der Waals surface area contributed by atoms with Crippen molar-refractivity contribution in [2.45, 2.75) is 6.61 Å². The number of nitrogens with zero attached hydrogens (tertiary/aromatic N) is 6. The first kappa shape index (κ1) is 15.7. The first-order valence-electron chi connectivity index (χ1n) is 7.87. The van der Waals surface area contributed by atoms with Crippen molar-refractivity contribution in [2.24, 2.45) is 0 Å². The lowest BCUT2D eigenvalue weighted by atomic mass is 10.2. The third-order valence-corrected chi connectivity index (χ3v) is 3.64. The van der Waals surface area contributed by atoms with Crippen molar-refractivity contribution in [3.05, 3.63) is 85.1 Å². The lowest BCUT2D eigenvalue weighted by Gasteiger charge is -2.05. The summed E-state index contributed by atoms with van der Waals surface area (Å²) in [6.45, 7) is -0.0125. The van der Waals surface area contributed by atoms with E-state index >= 15 is 0 Å². The molecule has 3 heterocycles. The number of esters is 1. The van der Waals surface area contributed by atoms with Crippen LogP contribution in [-0.4, -0.2) is 35.3 Å². The average Bonchev–Trinajstić information content (AvgIpc) is 3.39. The highest BCUT2D eigenvalue weighted by atomic mass is 16.5. The van der Waals surface area contributed by atoms with Crippen molar-refractivity contribution in [2.75, 3.05) is 0 Å². The Bertz CT molecular complexity index is 1010. The molecule has 0 bridgehead atoms. The molecule has 1 aromatic carbocycles. The van der Waals surface area contributed by atoms with Gasteiger partial charge in [0.05, 0.1) is 11.3 Å². The number of benzene rings is 1. The molecule has 26 heavy (non-hydrogen) atoms. The van der Waals surface area contributed by atoms with E-state index in [4.69, 9.17) is 4.74 Å². The molecular weight excluding hydrogens is 332 g/mol. The molecule has 0 unspecified atom stereocenters. The number of aromatic nitrogens is 6. The van der Waals surface area contributed by atoms with Gasteiger partial charge in [-0.15, -0.1) is 5.10 Å². The van der Waals surface area contributed by atoms with Gasteiger partial charge in [-0.2, -0.15) is 0 Å². The molecular formula is C18H14N6O2. The maximum Gasteiger partial charge on any atom is 0.338 e. The molecule has 0 aliphatic carbocycles. The van der Waals surface area contributed by atoms with Gasteiger partial charge >= 0.3 is 5.97 Å². The number of ether oxygens (including phenoxy) is 1. The van der Waals surface area contributed by atoms with Crippen LogP contribution in [0.15, 0.2) is 73.7 Å². The minimum atomic E-state index is -0.468. The molecule has 0 radical (unpaired) electrons. The van der Waals surface area contributed by atoms with Crippen molar-refractivity contribution < 1.29 is 9.53 Å². The van der Waals surface area contributed by atoms with Gasteiger partial charge in [0.2, 0.25) is 0 Å². The van der Waals surface area contributed by atoms with Crippen molar-refractivity contribution in [3.63, 3.8) is 0 Å². The maximum atomic E-state index is 12.3. The lowest BCUT2D eigenvalue weighted by molar-refractivity contribution is 0.0462. The molecule has 0 saturated heterocycles. The molecule has 0 fully saturated rings. The summed E-state index contributed by atoms with van der Waals surface area (Å²) in [5, 5.41) is 4.31. The van der Waals surface area contributed by atoms with Crippen LogP contribution in [0.5, 0.6) is 0 Å². The lowest BCUT2D eigenvalue weighted by Crippen LogP contribution is -2.08. The Balaban J connectivity index is 1.43. The minimum absolute atomic E-state index is 0.0125. The Morgan fingerprint density at radius 1 is 1.04 bits per heavy atom. The van der Waals surface area contributed by atoms with E-state index in [-0.39, 0.29) is 6.61 Å². The van der Waals surface area contributed by atoms with Gasteiger partial charge in [-0.05, 0) is 24.3 Å². The van der Waals surface area contributed by atoms with Crippen molar-refractivity contribution >= 4 is 5.97 Å². The van der Waals surface area contributed by atoms with E-state index < -0.39 is 5.97 Å². The van der Waals surface area contributed by atoms with Crippen LogP contribution in [0.3, 0.4) is 0 Å². The average molecular weight is 346 g/mol. The number of pyridine rings is 1. The zero-order valence-electron chi connectivity index (χ0n) is 13.6. The van der Waals surface area contributed by atoms with Crippen LogP contribution in [0.2, 0.25) is 0 Å². The molecule has 4 aromatic rings. The van der Waals surface area contributed by atoms with Crippen LogP contribution in [0.25, 0.3) is 11.5 Å². The topological polar surface area (TPSA) is 87.7 Å². The number of rotatable bonds is 5. The summed E-state index contributed by atoms with van der Waals surface area (Å²) >= 11 is 0. The fourth-order valence-corrected chi connectivity index (χ4v) is 2.36. The monoisotopic (exact) mass is 346 g/mol. The number of carbonyl (C=O) groups is 1. The van der Waals surface area contributed by atoms with Crippen molar-refractivity contribution in [1.82, 2.24) is 29.3 Å². The predicted octanol–water partition coefficient (Wildman–Crippen LogP) is 2.21. The molecule has 128 valence electrons. The van der Waals surface area contributed by atoms with Crippen LogP contribution < -0.4 is 0 Å². The molecule has 0 aliphatic rings. The van der Waals surface area contributed by atoms with Crippen LogP contribution >= 0.6 is 0 Å². The van der Waals surface area contributed by atoms with E-state index in [2.05, 4.69) is 20.1 Å². The third-order valence-electron chi connectivity index (χ3n) is 3.64. The van der Waals surface area contributed by atoms with Crippen LogP contribution in [0, 0.1) is 0 Å². The van der Waals surface area contributed by atoms with Crippen molar-refractivity contribution in [3.8, 4) is 11.5 Å². The summed E-state index contributed by atoms with van der Waals surface area (Å²) in [5.74, 6) is 0.541.